The number of hydrogen-bond acceptors (Lipinski definition) is 8. The Balaban J connectivity index is 2.23. The van der Waals surface area contributed by atoms with E-state index in [1.807, 2.05) is 0 Å². The van der Waals surface area contributed by atoms with E-state index in [4.69, 9.17) is 9.47 Å². The van der Waals surface area contributed by atoms with Crippen molar-refractivity contribution in [1.82, 2.24) is 5.32 Å². The summed E-state index contributed by atoms with van der Waals surface area (Å²) in [5.74, 6) is -0.150. The van der Waals surface area contributed by atoms with Crippen molar-refractivity contribution in [2.75, 3.05) is 13.2 Å². The largest absolute Gasteiger partial charge is 0.394 e. The number of amides is 1. The van der Waals surface area contributed by atoms with Crippen molar-refractivity contribution in [1.29, 1.82) is 0 Å². The average Bonchev–Trinajstić information content (AvgIpc) is 3.34. The normalized spacial score (nSPS) is 20.0. The van der Waals surface area contributed by atoms with Crippen LogP contribution in [0.5, 0.6) is 0 Å². The van der Waals surface area contributed by atoms with Crippen molar-refractivity contribution >= 4 is 5.91 Å². The molecule has 6 N–H and O–H groups in total. The van der Waals surface area contributed by atoms with E-state index in [9.17, 15) is 30.3 Å². The van der Waals surface area contributed by atoms with Crippen LogP contribution in [-0.2, 0) is 14.3 Å². The summed E-state index contributed by atoms with van der Waals surface area (Å²) >= 11 is 0. The van der Waals surface area contributed by atoms with Crippen molar-refractivity contribution in [2.45, 2.75) is 294 Å². The minimum atomic E-state index is -1.56. The molecule has 9 nitrogen and oxygen atoms in total. The third-order valence-corrected chi connectivity index (χ3v) is 13.4. The maximum absolute atomic E-state index is 13.1. The van der Waals surface area contributed by atoms with Crippen LogP contribution < -0.4 is 5.32 Å². The van der Waals surface area contributed by atoms with Crippen molar-refractivity contribution in [3.63, 3.8) is 0 Å². The minimum Gasteiger partial charge on any atom is -0.394 e. The fourth-order valence-corrected chi connectivity index (χ4v) is 8.90. The SMILES string of the molecule is CC/C=C\C/C=C\C/C=C\C/C=C\C/C=C\CCCCCCCCCCCC(=O)NC(COC1OC(CO)C(O)C(O)C1O)C(O)CCCCCCCCCCCCCCCCCCCCCC. The summed E-state index contributed by atoms with van der Waals surface area (Å²) in [7, 11) is 0. The maximum atomic E-state index is 13.1. The molecule has 7 unspecified atom stereocenters. The van der Waals surface area contributed by atoms with E-state index in [0.717, 1.165) is 77.0 Å². The predicted molar refractivity (Wildman–Crippen MR) is 286 cm³/mol. The lowest BCUT2D eigenvalue weighted by atomic mass is 9.99. The second-order valence-electron chi connectivity index (χ2n) is 19.7. The molecule has 1 rings (SSSR count). The van der Waals surface area contributed by atoms with Gasteiger partial charge in [-0.1, -0.05) is 248 Å². The lowest BCUT2D eigenvalue weighted by Gasteiger charge is -2.40. The molecule has 0 aromatic heterocycles. The van der Waals surface area contributed by atoms with Gasteiger partial charge in [0.2, 0.25) is 5.91 Å². The predicted octanol–water partition coefficient (Wildman–Crippen LogP) is 13.9. The van der Waals surface area contributed by atoms with E-state index in [2.05, 4.69) is 79.9 Å². The molecule has 7 atom stereocenters. The number of allylic oxidation sites excluding steroid dienone is 10. The Bertz CT molecular complexity index is 1250. The highest BCUT2D eigenvalue weighted by molar-refractivity contribution is 5.76. The fraction of sp³-hybridized carbons (Fsp3) is 0.814. The molecule has 0 saturated carbocycles. The van der Waals surface area contributed by atoms with Crippen molar-refractivity contribution in [3.05, 3.63) is 60.8 Å². The third-order valence-electron chi connectivity index (χ3n) is 13.4. The first-order valence-electron chi connectivity index (χ1n) is 28.5. The van der Waals surface area contributed by atoms with Gasteiger partial charge in [0.05, 0.1) is 25.4 Å². The molecule has 1 saturated heterocycles. The molecule has 1 aliphatic heterocycles. The average molecular weight is 959 g/mol. The zero-order chi connectivity index (χ0) is 49.4. The van der Waals surface area contributed by atoms with Crippen LogP contribution in [0.1, 0.15) is 251 Å². The van der Waals surface area contributed by atoms with Gasteiger partial charge in [0, 0.05) is 6.42 Å². The zero-order valence-corrected chi connectivity index (χ0v) is 43.9. The van der Waals surface area contributed by atoms with Crippen molar-refractivity contribution in [3.8, 4) is 0 Å². The highest BCUT2D eigenvalue weighted by Crippen LogP contribution is 2.23. The first-order valence-corrected chi connectivity index (χ1v) is 28.5. The molecule has 1 fully saturated rings. The van der Waals surface area contributed by atoms with Crippen LogP contribution in [0.25, 0.3) is 0 Å². The van der Waals surface area contributed by atoms with Gasteiger partial charge < -0.3 is 40.3 Å². The molecule has 1 heterocycles. The molecule has 1 aliphatic rings. The minimum absolute atomic E-state index is 0.142. The molecular formula is C59H107NO8. The molecule has 396 valence electrons. The number of ether oxygens (including phenoxy) is 2. The summed E-state index contributed by atoms with van der Waals surface area (Å²) < 4.78 is 11.3. The number of unbranched alkanes of at least 4 members (excludes halogenated alkanes) is 28. The number of aliphatic hydroxyl groups excluding tert-OH is 5. The van der Waals surface area contributed by atoms with E-state index in [1.54, 1.807) is 0 Å². The van der Waals surface area contributed by atoms with Crippen LogP contribution >= 0.6 is 0 Å². The van der Waals surface area contributed by atoms with Gasteiger partial charge in [-0.15, -0.1) is 0 Å². The fourth-order valence-electron chi connectivity index (χ4n) is 8.90. The van der Waals surface area contributed by atoms with Crippen LogP contribution in [-0.4, -0.2) is 87.5 Å². The van der Waals surface area contributed by atoms with Crippen molar-refractivity contribution < 1.29 is 39.8 Å². The molecule has 0 aromatic rings. The monoisotopic (exact) mass is 958 g/mol. The molecule has 9 heteroatoms. The quantitative estimate of drug-likeness (QED) is 0.0261. The summed E-state index contributed by atoms with van der Waals surface area (Å²) in [6.45, 7) is 3.74. The van der Waals surface area contributed by atoms with Gasteiger partial charge in [-0.3, -0.25) is 4.79 Å². The summed E-state index contributed by atoms with van der Waals surface area (Å²) in [5.41, 5.74) is 0. The number of hydrogen-bond donors (Lipinski definition) is 6. The molecule has 0 bridgehead atoms. The van der Waals surface area contributed by atoms with Gasteiger partial charge in [0.25, 0.3) is 0 Å². The standard InChI is InChI=1S/C59H107NO8/c1-3-5-7-9-11-13-15-17-19-21-23-25-26-27-28-29-31-33-35-37-39-41-43-45-47-49-55(63)60-52(51-67-59-58(66)57(65)56(64)54(50-61)68-59)53(62)48-46-44-42-40-38-36-34-32-30-24-22-20-18-16-14-12-10-8-6-4-2/h5,7,11,13,17,19,23,25,27-28,52-54,56-59,61-62,64-66H,3-4,6,8-10,12,14-16,18,20-22,24,26,29-51H2,1-2H3,(H,60,63)/b7-5-,13-11-,19-17-,25-23-,28-27-. The van der Waals surface area contributed by atoms with Crippen LogP contribution in [0.3, 0.4) is 0 Å². The zero-order valence-electron chi connectivity index (χ0n) is 43.9. The van der Waals surface area contributed by atoms with Crippen LogP contribution in [0, 0.1) is 0 Å². The van der Waals surface area contributed by atoms with Crippen LogP contribution in [0.15, 0.2) is 60.8 Å². The van der Waals surface area contributed by atoms with E-state index in [-0.39, 0.29) is 12.5 Å². The Morgan fingerprint density at radius 2 is 0.912 bits per heavy atom. The first kappa shape index (κ1) is 63.9. The van der Waals surface area contributed by atoms with Crippen molar-refractivity contribution in [2.24, 2.45) is 0 Å². The van der Waals surface area contributed by atoms with Crippen LogP contribution in [0.2, 0.25) is 0 Å². The second kappa shape index (κ2) is 48.5. The van der Waals surface area contributed by atoms with Gasteiger partial charge in [0.15, 0.2) is 6.29 Å². The number of aliphatic hydroxyl groups is 5. The summed E-state index contributed by atoms with van der Waals surface area (Å²) in [5, 5.41) is 54.7. The molecule has 0 aliphatic carbocycles. The first-order chi connectivity index (χ1) is 33.3. The van der Waals surface area contributed by atoms with E-state index in [1.165, 1.54) is 148 Å². The summed E-state index contributed by atoms with van der Waals surface area (Å²) in [4.78, 5) is 13.1. The Morgan fingerprint density at radius 1 is 0.515 bits per heavy atom. The van der Waals surface area contributed by atoms with Gasteiger partial charge in [-0.25, -0.2) is 0 Å². The Labute approximate surface area is 417 Å². The van der Waals surface area contributed by atoms with Crippen LogP contribution in [0.4, 0.5) is 0 Å². The van der Waals surface area contributed by atoms with E-state index >= 15 is 0 Å². The van der Waals surface area contributed by atoms with E-state index in [0.29, 0.717) is 12.8 Å². The molecule has 0 spiro atoms. The highest BCUT2D eigenvalue weighted by atomic mass is 16.7. The molecule has 68 heavy (non-hydrogen) atoms. The number of nitrogens with one attached hydrogen (secondary N) is 1. The maximum Gasteiger partial charge on any atom is 0.220 e. The van der Waals surface area contributed by atoms with E-state index < -0.39 is 49.5 Å². The Kier molecular flexibility index (Phi) is 45.6. The molecule has 0 aromatic carbocycles. The molecule has 1 amide bonds. The lowest BCUT2D eigenvalue weighted by molar-refractivity contribution is -0.302. The number of rotatable bonds is 48. The lowest BCUT2D eigenvalue weighted by Crippen LogP contribution is -2.60. The smallest absolute Gasteiger partial charge is 0.220 e. The molecular weight excluding hydrogens is 851 g/mol. The Morgan fingerprint density at radius 3 is 1.35 bits per heavy atom. The highest BCUT2D eigenvalue weighted by Gasteiger charge is 2.44. The topological polar surface area (TPSA) is 149 Å². The molecule has 0 radical (unpaired) electrons. The summed E-state index contributed by atoms with van der Waals surface area (Å²) in [6.07, 6.45) is 58.1. The number of carbonyl (C=O) groups excluding carboxylic acids is 1. The Hall–Kier alpha value is -2.11. The third kappa shape index (κ3) is 37.7. The van der Waals surface area contributed by atoms with Gasteiger partial charge in [0.1, 0.15) is 24.4 Å². The second-order valence-corrected chi connectivity index (χ2v) is 19.7. The van der Waals surface area contributed by atoms with Gasteiger partial charge in [-0.2, -0.15) is 0 Å². The number of carbonyl (C=O) groups is 1. The van der Waals surface area contributed by atoms with Gasteiger partial charge >= 0.3 is 0 Å². The summed E-state index contributed by atoms with van der Waals surface area (Å²) in [6, 6.07) is -0.726. The van der Waals surface area contributed by atoms with Gasteiger partial charge in [-0.05, 0) is 57.8 Å².